The van der Waals surface area contributed by atoms with Crippen molar-refractivity contribution in [2.24, 2.45) is 5.73 Å². The second-order valence-electron chi connectivity index (χ2n) is 3.44. The van der Waals surface area contributed by atoms with Gasteiger partial charge in [-0.25, -0.2) is 14.8 Å². The summed E-state index contributed by atoms with van der Waals surface area (Å²) in [6.45, 7) is 0. The molecular formula is C9H11N3O2. The van der Waals surface area contributed by atoms with Crippen molar-refractivity contribution in [1.29, 1.82) is 0 Å². The average molecular weight is 193 g/mol. The molecule has 1 aliphatic rings. The molecule has 1 aromatic heterocycles. The third-order valence-electron chi connectivity index (χ3n) is 2.31. The van der Waals surface area contributed by atoms with E-state index in [9.17, 15) is 4.79 Å². The maximum atomic E-state index is 11.1. The largest absolute Gasteiger partial charge is 0.465 e. The average Bonchev–Trinajstić information content (AvgIpc) is 2.97. The number of esters is 1. The monoisotopic (exact) mass is 193 g/mol. The minimum absolute atomic E-state index is 0.348. The van der Waals surface area contributed by atoms with E-state index in [1.807, 2.05) is 0 Å². The van der Waals surface area contributed by atoms with Gasteiger partial charge in [-0.3, -0.25) is 0 Å². The van der Waals surface area contributed by atoms with Crippen LogP contribution in [0.1, 0.15) is 29.0 Å². The first-order chi connectivity index (χ1) is 6.65. The number of methoxy groups -OCH3 is 1. The van der Waals surface area contributed by atoms with E-state index >= 15 is 0 Å². The van der Waals surface area contributed by atoms with Gasteiger partial charge in [-0.15, -0.1) is 0 Å². The summed E-state index contributed by atoms with van der Waals surface area (Å²) in [4.78, 5) is 19.1. The molecule has 1 aliphatic carbocycles. The normalized spacial score (nSPS) is 17.6. The predicted molar refractivity (Wildman–Crippen MR) is 48.5 cm³/mol. The molecule has 0 unspecified atom stereocenters. The molecule has 0 atom stereocenters. The highest BCUT2D eigenvalue weighted by molar-refractivity contribution is 5.88. The first-order valence-corrected chi connectivity index (χ1v) is 4.35. The molecule has 14 heavy (non-hydrogen) atoms. The van der Waals surface area contributed by atoms with Gasteiger partial charge in [0.1, 0.15) is 5.82 Å². The summed E-state index contributed by atoms with van der Waals surface area (Å²) in [7, 11) is 1.32. The van der Waals surface area contributed by atoms with Crippen LogP contribution in [0.5, 0.6) is 0 Å². The fourth-order valence-electron chi connectivity index (χ4n) is 1.17. The Hall–Kier alpha value is -1.49. The van der Waals surface area contributed by atoms with E-state index in [2.05, 4.69) is 14.7 Å². The van der Waals surface area contributed by atoms with E-state index < -0.39 is 5.97 Å². The third kappa shape index (κ3) is 1.46. The highest BCUT2D eigenvalue weighted by atomic mass is 16.5. The van der Waals surface area contributed by atoms with Gasteiger partial charge < -0.3 is 10.5 Å². The van der Waals surface area contributed by atoms with Crippen LogP contribution in [0.25, 0.3) is 0 Å². The highest BCUT2D eigenvalue weighted by Gasteiger charge is 2.42. The molecule has 1 heterocycles. The van der Waals surface area contributed by atoms with Crippen LogP contribution in [0.3, 0.4) is 0 Å². The molecule has 2 N–H and O–H groups in total. The molecule has 1 saturated carbocycles. The number of rotatable bonds is 2. The van der Waals surface area contributed by atoms with E-state index in [4.69, 9.17) is 5.73 Å². The number of nitrogens with two attached hydrogens (primary N) is 1. The molecule has 2 rings (SSSR count). The van der Waals surface area contributed by atoms with Crippen LogP contribution in [0, 0.1) is 0 Å². The number of carbonyl (C=O) groups excluding carboxylic acids is 1. The smallest absolute Gasteiger partial charge is 0.341 e. The lowest BCUT2D eigenvalue weighted by Gasteiger charge is -2.06. The van der Waals surface area contributed by atoms with E-state index in [0.717, 1.165) is 12.8 Å². The van der Waals surface area contributed by atoms with Gasteiger partial charge in [0, 0.05) is 12.4 Å². The van der Waals surface area contributed by atoms with E-state index in [1.165, 1.54) is 19.5 Å². The Kier molecular flexibility index (Phi) is 1.96. The van der Waals surface area contributed by atoms with Crippen molar-refractivity contribution in [2.45, 2.75) is 18.4 Å². The van der Waals surface area contributed by atoms with E-state index in [-0.39, 0.29) is 5.54 Å². The second kappa shape index (κ2) is 3.02. The summed E-state index contributed by atoms with van der Waals surface area (Å²) in [6.07, 6.45) is 4.71. The summed E-state index contributed by atoms with van der Waals surface area (Å²) >= 11 is 0. The first kappa shape index (κ1) is 9.08. The van der Waals surface area contributed by atoms with Gasteiger partial charge in [-0.05, 0) is 12.8 Å². The zero-order valence-electron chi connectivity index (χ0n) is 7.86. The SMILES string of the molecule is COC(=O)c1cnc(C2(N)CC2)nc1. The number of hydrogen-bond acceptors (Lipinski definition) is 5. The number of nitrogens with zero attached hydrogens (tertiary/aromatic N) is 2. The Labute approximate surface area is 81.3 Å². The number of carbonyl (C=O) groups is 1. The predicted octanol–water partition coefficient (Wildman–Crippen LogP) is 0.211. The van der Waals surface area contributed by atoms with E-state index in [1.54, 1.807) is 0 Å². The topological polar surface area (TPSA) is 78.1 Å². The molecule has 1 fully saturated rings. The van der Waals surface area contributed by atoms with Crippen LogP contribution in [0.4, 0.5) is 0 Å². The van der Waals surface area contributed by atoms with Gasteiger partial charge in [-0.1, -0.05) is 0 Å². The zero-order valence-corrected chi connectivity index (χ0v) is 7.86. The quantitative estimate of drug-likeness (QED) is 0.679. The molecule has 0 amide bonds. The molecule has 5 heteroatoms. The Balaban J connectivity index is 2.22. The molecule has 74 valence electrons. The van der Waals surface area contributed by atoms with Crippen molar-refractivity contribution in [1.82, 2.24) is 9.97 Å². The van der Waals surface area contributed by atoms with Gasteiger partial charge in [-0.2, -0.15) is 0 Å². The minimum Gasteiger partial charge on any atom is -0.465 e. The molecule has 0 bridgehead atoms. The molecule has 0 spiro atoms. The van der Waals surface area contributed by atoms with Crippen molar-refractivity contribution in [3.63, 3.8) is 0 Å². The van der Waals surface area contributed by atoms with Crippen molar-refractivity contribution >= 4 is 5.97 Å². The van der Waals surface area contributed by atoms with Gasteiger partial charge >= 0.3 is 5.97 Å². The summed E-state index contributed by atoms with van der Waals surface area (Å²) in [5, 5.41) is 0. The standard InChI is InChI=1S/C9H11N3O2/c1-14-7(13)6-4-11-8(12-5-6)9(10)2-3-9/h4-5H,2-3,10H2,1H3. The third-order valence-corrected chi connectivity index (χ3v) is 2.31. The lowest BCUT2D eigenvalue weighted by molar-refractivity contribution is 0.0599. The first-order valence-electron chi connectivity index (χ1n) is 4.35. The number of aromatic nitrogens is 2. The molecule has 0 radical (unpaired) electrons. The van der Waals surface area contributed by atoms with Crippen molar-refractivity contribution in [3.05, 3.63) is 23.8 Å². The lowest BCUT2D eigenvalue weighted by Crippen LogP contribution is -2.22. The van der Waals surface area contributed by atoms with Crippen molar-refractivity contribution in [2.75, 3.05) is 7.11 Å². The molecule has 0 saturated heterocycles. The maximum absolute atomic E-state index is 11.1. The maximum Gasteiger partial charge on any atom is 0.341 e. The van der Waals surface area contributed by atoms with Crippen LogP contribution in [0.2, 0.25) is 0 Å². The Morgan fingerprint density at radius 1 is 1.50 bits per heavy atom. The van der Waals surface area contributed by atoms with Crippen LogP contribution in [0.15, 0.2) is 12.4 Å². The molecule has 0 aromatic carbocycles. The van der Waals surface area contributed by atoms with Gasteiger partial charge in [0.2, 0.25) is 0 Å². The van der Waals surface area contributed by atoms with Crippen LogP contribution in [-0.2, 0) is 10.3 Å². The van der Waals surface area contributed by atoms with E-state index in [0.29, 0.717) is 11.4 Å². The number of ether oxygens (including phenoxy) is 1. The van der Waals surface area contributed by atoms with Crippen LogP contribution in [-0.4, -0.2) is 23.0 Å². The molecule has 5 nitrogen and oxygen atoms in total. The number of hydrogen-bond donors (Lipinski definition) is 1. The fourth-order valence-corrected chi connectivity index (χ4v) is 1.17. The van der Waals surface area contributed by atoms with Crippen LogP contribution < -0.4 is 5.73 Å². The Morgan fingerprint density at radius 3 is 2.50 bits per heavy atom. The minimum atomic E-state index is -0.432. The summed E-state index contributed by atoms with van der Waals surface area (Å²) in [6, 6.07) is 0. The summed E-state index contributed by atoms with van der Waals surface area (Å²) in [5.74, 6) is 0.170. The molecule has 0 aliphatic heterocycles. The zero-order chi connectivity index (χ0) is 10.2. The second-order valence-corrected chi connectivity index (χ2v) is 3.44. The summed E-state index contributed by atoms with van der Waals surface area (Å²) < 4.78 is 4.53. The summed E-state index contributed by atoms with van der Waals surface area (Å²) in [5.41, 5.74) is 5.88. The Morgan fingerprint density at radius 2 is 2.07 bits per heavy atom. The van der Waals surface area contributed by atoms with Crippen molar-refractivity contribution in [3.8, 4) is 0 Å². The van der Waals surface area contributed by atoms with Gasteiger partial charge in [0.05, 0.1) is 18.2 Å². The Bertz CT molecular complexity index is 357. The van der Waals surface area contributed by atoms with Gasteiger partial charge in [0.15, 0.2) is 0 Å². The van der Waals surface area contributed by atoms with Crippen molar-refractivity contribution < 1.29 is 9.53 Å². The van der Waals surface area contributed by atoms with Gasteiger partial charge in [0.25, 0.3) is 0 Å². The van der Waals surface area contributed by atoms with Crippen LogP contribution >= 0.6 is 0 Å². The lowest BCUT2D eigenvalue weighted by atomic mass is 10.2. The fraction of sp³-hybridized carbons (Fsp3) is 0.444. The molecule has 1 aromatic rings. The highest BCUT2D eigenvalue weighted by Crippen LogP contribution is 2.40. The molecular weight excluding hydrogens is 182 g/mol.